The number of piperidine rings is 1. The fraction of sp³-hybridized carbons (Fsp3) is 0.348. The number of hydrogen-bond donors (Lipinski definition) is 0. The number of benzene rings is 1. The minimum Gasteiger partial charge on any atom is -0.497 e. The van der Waals surface area contributed by atoms with Gasteiger partial charge in [0, 0.05) is 55.0 Å². The molecule has 0 N–H and O–H groups in total. The molecular formula is C23H26N4O3S. The average Bonchev–Trinajstić information content (AvgIpc) is 2.79. The van der Waals surface area contributed by atoms with E-state index in [9.17, 15) is 8.42 Å². The third-order valence-electron chi connectivity index (χ3n) is 5.55. The second-order valence-electron chi connectivity index (χ2n) is 7.88. The minimum absolute atomic E-state index is 0.0964. The molecule has 1 aromatic carbocycles. The third kappa shape index (κ3) is 5.08. The molecule has 2 aromatic heterocycles. The quantitative estimate of drug-likeness (QED) is 0.583. The zero-order valence-electron chi connectivity index (χ0n) is 17.7. The lowest BCUT2D eigenvalue weighted by atomic mass is 9.94. The Labute approximate surface area is 183 Å². The number of sulfone groups is 1. The van der Waals surface area contributed by atoms with Crippen LogP contribution in [0.3, 0.4) is 0 Å². The van der Waals surface area contributed by atoms with Gasteiger partial charge in [-0.2, -0.15) is 0 Å². The van der Waals surface area contributed by atoms with Gasteiger partial charge in [0.25, 0.3) is 0 Å². The van der Waals surface area contributed by atoms with Gasteiger partial charge in [0.1, 0.15) is 5.75 Å². The number of aromatic nitrogens is 3. The summed E-state index contributed by atoms with van der Waals surface area (Å²) in [5.74, 6) is 1.57. The summed E-state index contributed by atoms with van der Waals surface area (Å²) in [6, 6.07) is 11.0. The highest BCUT2D eigenvalue weighted by Crippen LogP contribution is 2.30. The second kappa shape index (κ2) is 9.11. The molecule has 8 heteroatoms. The Bertz CT molecular complexity index is 1130. The van der Waals surface area contributed by atoms with Crippen molar-refractivity contribution in [1.29, 1.82) is 0 Å². The van der Waals surface area contributed by atoms with E-state index in [0.717, 1.165) is 49.4 Å². The van der Waals surface area contributed by atoms with Crippen molar-refractivity contribution in [2.75, 3.05) is 26.5 Å². The van der Waals surface area contributed by atoms with Gasteiger partial charge in [0.05, 0.1) is 17.7 Å². The van der Waals surface area contributed by atoms with Crippen molar-refractivity contribution in [3.8, 4) is 17.1 Å². The van der Waals surface area contributed by atoms with Gasteiger partial charge in [-0.1, -0.05) is 0 Å². The van der Waals surface area contributed by atoms with Gasteiger partial charge < -0.3 is 4.74 Å². The summed E-state index contributed by atoms with van der Waals surface area (Å²) in [5.41, 5.74) is 2.65. The molecule has 7 nitrogen and oxygen atoms in total. The summed E-state index contributed by atoms with van der Waals surface area (Å²) in [6.07, 6.45) is 8.57. The number of rotatable bonds is 6. The van der Waals surface area contributed by atoms with Crippen molar-refractivity contribution in [1.82, 2.24) is 19.9 Å². The predicted octanol–water partition coefficient (Wildman–Crippen LogP) is 3.33. The fourth-order valence-electron chi connectivity index (χ4n) is 4.03. The molecule has 1 aliphatic rings. The van der Waals surface area contributed by atoms with Crippen molar-refractivity contribution in [3.63, 3.8) is 0 Å². The summed E-state index contributed by atoms with van der Waals surface area (Å²) in [7, 11) is -1.66. The molecule has 0 amide bonds. The van der Waals surface area contributed by atoms with Crippen molar-refractivity contribution in [3.05, 3.63) is 66.2 Å². The Hall–Kier alpha value is -2.84. The van der Waals surface area contributed by atoms with E-state index >= 15 is 0 Å². The molecule has 0 bridgehead atoms. The Morgan fingerprint density at radius 1 is 1.10 bits per heavy atom. The number of hydrogen-bond acceptors (Lipinski definition) is 7. The van der Waals surface area contributed by atoms with Crippen molar-refractivity contribution >= 4 is 9.84 Å². The molecule has 31 heavy (non-hydrogen) atoms. The summed E-state index contributed by atoms with van der Waals surface area (Å²) in [4.78, 5) is 16.1. The standard InChI is InChI=1S/C23H26N4O3S/c1-30-20-9-7-18(8-10-20)23-25-13-17(14-26-23)15-27-12-4-5-19(16-27)22-21(31(2,28)29)6-3-11-24-22/h3,6-11,13-14,19H,4-5,12,15-16H2,1-2H3. The van der Waals surface area contributed by atoms with Crippen LogP contribution in [0.2, 0.25) is 0 Å². The SMILES string of the molecule is COc1ccc(-c2ncc(CN3CCCC(c4ncccc4S(C)(=O)=O)C3)cn2)cc1. The van der Waals surface area contributed by atoms with Crippen LogP contribution in [-0.2, 0) is 16.4 Å². The highest BCUT2D eigenvalue weighted by Gasteiger charge is 2.27. The van der Waals surface area contributed by atoms with E-state index in [-0.39, 0.29) is 5.92 Å². The molecule has 0 saturated carbocycles. The number of methoxy groups -OCH3 is 1. The van der Waals surface area contributed by atoms with Crippen molar-refractivity contribution in [2.24, 2.45) is 0 Å². The smallest absolute Gasteiger partial charge is 0.177 e. The van der Waals surface area contributed by atoms with Crippen LogP contribution in [0.25, 0.3) is 11.4 Å². The first-order valence-electron chi connectivity index (χ1n) is 10.3. The molecule has 0 aliphatic carbocycles. The van der Waals surface area contributed by atoms with E-state index < -0.39 is 9.84 Å². The first-order chi connectivity index (χ1) is 14.9. The molecule has 1 fully saturated rings. The highest BCUT2D eigenvalue weighted by molar-refractivity contribution is 7.90. The van der Waals surface area contributed by atoms with E-state index in [0.29, 0.717) is 16.4 Å². The van der Waals surface area contributed by atoms with Gasteiger partial charge in [0.15, 0.2) is 15.7 Å². The Morgan fingerprint density at radius 2 is 1.84 bits per heavy atom. The lowest BCUT2D eigenvalue weighted by Gasteiger charge is -2.32. The maximum Gasteiger partial charge on any atom is 0.177 e. The Balaban J connectivity index is 1.45. The summed E-state index contributed by atoms with van der Waals surface area (Å²) >= 11 is 0. The van der Waals surface area contributed by atoms with Gasteiger partial charge in [0.2, 0.25) is 0 Å². The second-order valence-corrected chi connectivity index (χ2v) is 9.86. The van der Waals surface area contributed by atoms with Gasteiger partial charge in [-0.3, -0.25) is 9.88 Å². The van der Waals surface area contributed by atoms with Gasteiger partial charge >= 0.3 is 0 Å². The lowest BCUT2D eigenvalue weighted by Crippen LogP contribution is -2.34. The summed E-state index contributed by atoms with van der Waals surface area (Å²) in [6.45, 7) is 2.44. The first kappa shape index (κ1) is 21.4. The monoisotopic (exact) mass is 438 g/mol. The maximum absolute atomic E-state index is 12.2. The van der Waals surface area contributed by atoms with Gasteiger partial charge in [-0.15, -0.1) is 0 Å². The van der Waals surface area contributed by atoms with Crippen LogP contribution in [0.1, 0.15) is 30.0 Å². The van der Waals surface area contributed by atoms with Crippen LogP contribution in [0.5, 0.6) is 5.75 Å². The zero-order chi connectivity index (χ0) is 21.8. The Kier molecular flexibility index (Phi) is 6.29. The Morgan fingerprint density at radius 3 is 2.52 bits per heavy atom. The third-order valence-corrected chi connectivity index (χ3v) is 6.70. The highest BCUT2D eigenvalue weighted by atomic mass is 32.2. The average molecular weight is 439 g/mol. The zero-order valence-corrected chi connectivity index (χ0v) is 18.5. The lowest BCUT2D eigenvalue weighted by molar-refractivity contribution is 0.197. The molecule has 1 saturated heterocycles. The number of nitrogens with zero attached hydrogens (tertiary/aromatic N) is 4. The van der Waals surface area contributed by atoms with Gasteiger partial charge in [-0.25, -0.2) is 18.4 Å². The van der Waals surface area contributed by atoms with Crippen LogP contribution in [-0.4, -0.2) is 54.7 Å². The number of likely N-dealkylation sites (tertiary alicyclic amines) is 1. The molecule has 0 radical (unpaired) electrons. The van der Waals surface area contributed by atoms with Crippen LogP contribution in [0.15, 0.2) is 59.9 Å². The van der Waals surface area contributed by atoms with Crippen molar-refractivity contribution in [2.45, 2.75) is 30.2 Å². The number of pyridine rings is 1. The molecule has 0 spiro atoms. The first-order valence-corrected chi connectivity index (χ1v) is 12.2. The maximum atomic E-state index is 12.2. The predicted molar refractivity (Wildman–Crippen MR) is 119 cm³/mol. The van der Waals surface area contributed by atoms with E-state index in [4.69, 9.17) is 4.74 Å². The summed E-state index contributed by atoms with van der Waals surface area (Å²) in [5, 5.41) is 0. The normalized spacial score (nSPS) is 17.4. The van der Waals surface area contributed by atoms with E-state index in [1.165, 1.54) is 6.26 Å². The largest absolute Gasteiger partial charge is 0.497 e. The van der Waals surface area contributed by atoms with Crippen molar-refractivity contribution < 1.29 is 13.2 Å². The molecular weight excluding hydrogens is 412 g/mol. The van der Waals surface area contributed by atoms with Crippen LogP contribution in [0.4, 0.5) is 0 Å². The minimum atomic E-state index is -3.30. The topological polar surface area (TPSA) is 85.3 Å². The molecule has 162 valence electrons. The van der Waals surface area contributed by atoms with Crippen LogP contribution in [0, 0.1) is 0 Å². The van der Waals surface area contributed by atoms with E-state index in [1.54, 1.807) is 25.4 Å². The molecule has 3 aromatic rings. The molecule has 1 aliphatic heterocycles. The van der Waals surface area contributed by atoms with Crippen LogP contribution >= 0.6 is 0 Å². The van der Waals surface area contributed by atoms with Gasteiger partial charge in [-0.05, 0) is 55.8 Å². The molecule has 3 heterocycles. The summed E-state index contributed by atoms with van der Waals surface area (Å²) < 4.78 is 29.5. The fourth-order valence-corrected chi connectivity index (χ4v) is 4.95. The molecule has 1 unspecified atom stereocenters. The molecule has 4 rings (SSSR count). The van der Waals surface area contributed by atoms with E-state index in [1.807, 2.05) is 36.7 Å². The molecule has 1 atom stereocenters. The van der Waals surface area contributed by atoms with E-state index in [2.05, 4.69) is 19.9 Å². The number of ether oxygens (including phenoxy) is 1. The van der Waals surface area contributed by atoms with Crippen LogP contribution < -0.4 is 4.74 Å².